The minimum atomic E-state index is -0.791. The predicted octanol–water partition coefficient (Wildman–Crippen LogP) is 1.10. The Bertz CT molecular complexity index is 861. The van der Waals surface area contributed by atoms with E-state index < -0.39 is 18.1 Å². The summed E-state index contributed by atoms with van der Waals surface area (Å²) in [4.78, 5) is 37.4. The van der Waals surface area contributed by atoms with E-state index in [2.05, 4.69) is 26.4 Å². The van der Waals surface area contributed by atoms with Gasteiger partial charge in [-0.25, -0.2) is 4.68 Å². The molecule has 1 saturated heterocycles. The van der Waals surface area contributed by atoms with Gasteiger partial charge in [0.2, 0.25) is 5.91 Å². The highest BCUT2D eigenvalue weighted by Crippen LogP contribution is 2.19. The van der Waals surface area contributed by atoms with Crippen LogP contribution in [-0.4, -0.2) is 33.5 Å². The van der Waals surface area contributed by atoms with Gasteiger partial charge in [-0.15, -0.1) is 11.3 Å². The quantitative estimate of drug-likeness (QED) is 0.557. The van der Waals surface area contributed by atoms with Crippen LogP contribution in [-0.2, 0) is 20.9 Å². The molecule has 2 atom stereocenters. The Balaban J connectivity index is 1.68. The molecule has 0 radical (unpaired) electrons. The van der Waals surface area contributed by atoms with Crippen molar-refractivity contribution in [3.8, 4) is 0 Å². The zero-order chi connectivity index (χ0) is 20.3. The Kier molecular flexibility index (Phi) is 6.10. The number of aryl methyl sites for hydroxylation is 1. The van der Waals surface area contributed by atoms with Crippen LogP contribution in [0.15, 0.2) is 23.6 Å². The first-order valence-electron chi connectivity index (χ1n) is 9.06. The van der Waals surface area contributed by atoms with Gasteiger partial charge in [-0.3, -0.25) is 19.7 Å². The summed E-state index contributed by atoms with van der Waals surface area (Å²) in [5.41, 5.74) is 0.650. The average Bonchev–Trinajstić information content (AvgIpc) is 3.28. The van der Waals surface area contributed by atoms with E-state index in [4.69, 9.17) is 0 Å². The molecule has 0 aliphatic carbocycles. The summed E-state index contributed by atoms with van der Waals surface area (Å²) in [6.45, 7) is 6.12. The largest absolute Gasteiger partial charge is 0.343 e. The SMILES string of the molecule is Cc1cc(NC(=O)C(=O)NCc2cccs2)n(C2NC(=O)CC(C(C)C)N2)n1. The fourth-order valence-electron chi connectivity index (χ4n) is 2.92. The third-order valence-electron chi connectivity index (χ3n) is 4.43. The fourth-order valence-corrected chi connectivity index (χ4v) is 3.56. The van der Waals surface area contributed by atoms with Crippen LogP contribution in [0.1, 0.15) is 37.1 Å². The van der Waals surface area contributed by atoms with Crippen LogP contribution in [0.25, 0.3) is 0 Å². The van der Waals surface area contributed by atoms with Crippen molar-refractivity contribution >= 4 is 34.9 Å². The summed E-state index contributed by atoms with van der Waals surface area (Å²) in [6, 6.07) is 5.39. The van der Waals surface area contributed by atoms with Gasteiger partial charge in [-0.1, -0.05) is 19.9 Å². The lowest BCUT2D eigenvalue weighted by Crippen LogP contribution is -2.55. The van der Waals surface area contributed by atoms with Crippen molar-refractivity contribution in [3.05, 3.63) is 34.2 Å². The second kappa shape index (κ2) is 8.53. The molecular weight excluding hydrogens is 380 g/mol. The third-order valence-corrected chi connectivity index (χ3v) is 5.31. The van der Waals surface area contributed by atoms with Crippen molar-refractivity contribution in [2.45, 2.75) is 46.1 Å². The van der Waals surface area contributed by atoms with E-state index >= 15 is 0 Å². The molecule has 0 saturated carbocycles. The Hall–Kier alpha value is -2.72. The maximum Gasteiger partial charge on any atom is 0.314 e. The molecule has 150 valence electrons. The molecule has 2 aromatic rings. The molecule has 0 bridgehead atoms. The molecule has 0 aromatic carbocycles. The van der Waals surface area contributed by atoms with Crippen LogP contribution in [0.5, 0.6) is 0 Å². The molecule has 3 amide bonds. The number of thiophene rings is 1. The van der Waals surface area contributed by atoms with Gasteiger partial charge in [-0.05, 0) is 24.3 Å². The number of carbonyl (C=O) groups excluding carboxylic acids is 3. The smallest absolute Gasteiger partial charge is 0.314 e. The van der Waals surface area contributed by atoms with Gasteiger partial charge in [-0.2, -0.15) is 5.10 Å². The molecule has 1 fully saturated rings. The number of anilines is 1. The minimum absolute atomic E-state index is 0.0131. The Morgan fingerprint density at radius 1 is 1.39 bits per heavy atom. The van der Waals surface area contributed by atoms with E-state index in [0.29, 0.717) is 24.5 Å². The summed E-state index contributed by atoms with van der Waals surface area (Å²) in [6.07, 6.45) is -0.229. The molecular formula is C18H24N6O3S. The molecule has 28 heavy (non-hydrogen) atoms. The van der Waals surface area contributed by atoms with E-state index in [0.717, 1.165) is 4.88 Å². The zero-order valence-electron chi connectivity index (χ0n) is 16.0. The summed E-state index contributed by atoms with van der Waals surface area (Å²) in [5, 5.41) is 17.6. The first-order valence-corrected chi connectivity index (χ1v) is 9.94. The van der Waals surface area contributed by atoms with Crippen molar-refractivity contribution in [3.63, 3.8) is 0 Å². The first kappa shape index (κ1) is 20.0. The van der Waals surface area contributed by atoms with Gasteiger partial charge in [0, 0.05) is 23.4 Å². The molecule has 3 rings (SSSR count). The number of carbonyl (C=O) groups is 3. The van der Waals surface area contributed by atoms with Crippen molar-refractivity contribution < 1.29 is 14.4 Å². The van der Waals surface area contributed by atoms with E-state index in [1.54, 1.807) is 13.0 Å². The topological polar surface area (TPSA) is 117 Å². The Labute approximate surface area is 166 Å². The van der Waals surface area contributed by atoms with E-state index in [1.807, 2.05) is 31.4 Å². The minimum Gasteiger partial charge on any atom is -0.343 e. The maximum atomic E-state index is 12.3. The molecule has 2 aromatic heterocycles. The number of nitrogens with one attached hydrogen (secondary N) is 4. The van der Waals surface area contributed by atoms with Crippen molar-refractivity contribution in [2.24, 2.45) is 5.92 Å². The van der Waals surface area contributed by atoms with E-state index in [1.165, 1.54) is 16.0 Å². The average molecular weight is 404 g/mol. The molecule has 0 spiro atoms. The number of hydrogen-bond donors (Lipinski definition) is 4. The van der Waals surface area contributed by atoms with Crippen LogP contribution >= 0.6 is 11.3 Å². The molecule has 1 aliphatic rings. The molecule has 2 unspecified atom stereocenters. The van der Waals surface area contributed by atoms with Gasteiger partial charge in [0.25, 0.3) is 0 Å². The summed E-state index contributed by atoms with van der Waals surface area (Å²) >= 11 is 1.50. The molecule has 10 heteroatoms. The predicted molar refractivity (Wildman–Crippen MR) is 105 cm³/mol. The van der Waals surface area contributed by atoms with Crippen LogP contribution in [0.4, 0.5) is 5.82 Å². The van der Waals surface area contributed by atoms with Gasteiger partial charge >= 0.3 is 11.8 Å². The van der Waals surface area contributed by atoms with Crippen LogP contribution in [0.3, 0.4) is 0 Å². The van der Waals surface area contributed by atoms with Gasteiger partial charge in [0.15, 0.2) is 6.29 Å². The molecule has 9 nitrogen and oxygen atoms in total. The summed E-state index contributed by atoms with van der Waals surface area (Å²) < 4.78 is 1.48. The highest BCUT2D eigenvalue weighted by Gasteiger charge is 2.30. The summed E-state index contributed by atoms with van der Waals surface area (Å²) in [7, 11) is 0. The van der Waals surface area contributed by atoms with E-state index in [-0.39, 0.29) is 17.9 Å². The van der Waals surface area contributed by atoms with Crippen LogP contribution in [0.2, 0.25) is 0 Å². The highest BCUT2D eigenvalue weighted by molar-refractivity contribution is 7.09. The standard InChI is InChI=1S/C18H24N6O3S/c1-10(2)13-8-15(25)22-18(20-13)24-14(7-11(3)23-24)21-17(27)16(26)19-9-12-5-4-6-28-12/h4-7,10,13,18,20H,8-9H2,1-3H3,(H,19,26)(H,21,27)(H,22,25). The molecule has 4 N–H and O–H groups in total. The summed E-state index contributed by atoms with van der Waals surface area (Å²) in [5.74, 6) is -1.04. The second-order valence-electron chi connectivity index (χ2n) is 7.02. The number of aromatic nitrogens is 2. The van der Waals surface area contributed by atoms with Gasteiger partial charge < -0.3 is 16.0 Å². The highest BCUT2D eigenvalue weighted by atomic mass is 32.1. The second-order valence-corrected chi connectivity index (χ2v) is 8.06. The molecule has 1 aliphatic heterocycles. The molecule has 3 heterocycles. The van der Waals surface area contributed by atoms with Crippen molar-refractivity contribution in [1.82, 2.24) is 25.7 Å². The van der Waals surface area contributed by atoms with Crippen molar-refractivity contribution in [2.75, 3.05) is 5.32 Å². The first-order chi connectivity index (χ1) is 13.3. The lowest BCUT2D eigenvalue weighted by atomic mass is 9.99. The normalized spacial score (nSPS) is 19.4. The monoisotopic (exact) mass is 404 g/mol. The van der Waals surface area contributed by atoms with E-state index in [9.17, 15) is 14.4 Å². The van der Waals surface area contributed by atoms with Crippen molar-refractivity contribution in [1.29, 1.82) is 0 Å². The zero-order valence-corrected chi connectivity index (χ0v) is 16.8. The Morgan fingerprint density at radius 3 is 2.86 bits per heavy atom. The maximum absolute atomic E-state index is 12.3. The van der Waals surface area contributed by atoms with Gasteiger partial charge in [0.1, 0.15) is 5.82 Å². The third kappa shape index (κ3) is 4.76. The Morgan fingerprint density at radius 2 is 2.18 bits per heavy atom. The number of amides is 3. The fraction of sp³-hybridized carbons (Fsp3) is 0.444. The number of nitrogens with zero attached hydrogens (tertiary/aromatic N) is 2. The lowest BCUT2D eigenvalue weighted by Gasteiger charge is -2.34. The lowest BCUT2D eigenvalue weighted by molar-refractivity contribution is -0.136. The van der Waals surface area contributed by atoms with Crippen LogP contribution < -0.4 is 21.3 Å². The van der Waals surface area contributed by atoms with Gasteiger partial charge in [0.05, 0.1) is 12.2 Å². The number of rotatable bonds is 5. The number of hydrogen-bond acceptors (Lipinski definition) is 6. The van der Waals surface area contributed by atoms with Crippen LogP contribution in [0, 0.1) is 12.8 Å².